The highest BCUT2D eigenvalue weighted by Gasteiger charge is 2.33. The number of halogens is 1. The molecular weight excluding hydrogens is 378 g/mol. The zero-order valence-corrected chi connectivity index (χ0v) is 16.3. The smallest absolute Gasteiger partial charge is 0.261 e. The molecule has 0 aliphatic carbocycles. The fourth-order valence-electron chi connectivity index (χ4n) is 3.72. The first-order valence-corrected chi connectivity index (χ1v) is 9.66. The van der Waals surface area contributed by atoms with Gasteiger partial charge < -0.3 is 10.2 Å². The highest BCUT2D eigenvalue weighted by atomic mass is 35.5. The van der Waals surface area contributed by atoms with Crippen molar-refractivity contribution >= 4 is 40.7 Å². The lowest BCUT2D eigenvalue weighted by Crippen LogP contribution is -2.30. The molecule has 2 heterocycles. The minimum Gasteiger partial charge on any atom is -0.370 e. The van der Waals surface area contributed by atoms with Gasteiger partial charge in [0.05, 0.1) is 22.5 Å². The van der Waals surface area contributed by atoms with Gasteiger partial charge in [-0.1, -0.05) is 11.6 Å². The topological polar surface area (TPSA) is 69.7 Å². The number of benzene rings is 2. The van der Waals surface area contributed by atoms with Gasteiger partial charge in [-0.3, -0.25) is 19.3 Å². The summed E-state index contributed by atoms with van der Waals surface area (Å²) < 4.78 is 0. The standard InChI is InChI=1S/C21H20ClN3O3/c1-24-20(27)15-7-5-13(11-16(15)21(24)28)19(26)23-17-12-14(22)6-8-18(17)25-9-3-2-4-10-25/h5-8,11-12H,2-4,9-10H2,1H3,(H,23,26). The number of fused-ring (bicyclic) bond motifs is 1. The Bertz CT molecular complexity index is 983. The second kappa shape index (κ2) is 7.28. The van der Waals surface area contributed by atoms with E-state index < -0.39 is 5.91 Å². The summed E-state index contributed by atoms with van der Waals surface area (Å²) in [5, 5.41) is 3.45. The molecule has 0 radical (unpaired) electrons. The molecule has 2 aromatic rings. The zero-order chi connectivity index (χ0) is 19.8. The molecule has 2 aromatic carbocycles. The van der Waals surface area contributed by atoms with Crippen LogP contribution in [0.25, 0.3) is 0 Å². The third kappa shape index (κ3) is 3.24. The van der Waals surface area contributed by atoms with E-state index in [0.717, 1.165) is 36.5 Å². The number of carbonyl (C=O) groups excluding carboxylic acids is 3. The van der Waals surface area contributed by atoms with Gasteiger partial charge in [-0.15, -0.1) is 0 Å². The van der Waals surface area contributed by atoms with Crippen LogP contribution in [0.5, 0.6) is 0 Å². The molecule has 0 atom stereocenters. The number of amides is 3. The lowest BCUT2D eigenvalue weighted by atomic mass is 10.0. The van der Waals surface area contributed by atoms with Crippen LogP contribution in [0.3, 0.4) is 0 Å². The van der Waals surface area contributed by atoms with Crippen LogP contribution in [0.2, 0.25) is 5.02 Å². The van der Waals surface area contributed by atoms with Gasteiger partial charge in [0.2, 0.25) is 0 Å². The molecule has 0 spiro atoms. The van der Waals surface area contributed by atoms with Gasteiger partial charge in [0.15, 0.2) is 0 Å². The van der Waals surface area contributed by atoms with E-state index >= 15 is 0 Å². The Kier molecular flexibility index (Phi) is 4.81. The molecule has 3 amide bonds. The van der Waals surface area contributed by atoms with E-state index in [1.165, 1.54) is 25.6 Å². The Hall–Kier alpha value is -2.86. The number of hydrogen-bond donors (Lipinski definition) is 1. The minimum absolute atomic E-state index is 0.252. The molecule has 28 heavy (non-hydrogen) atoms. The lowest BCUT2D eigenvalue weighted by molar-refractivity contribution is 0.0693. The van der Waals surface area contributed by atoms with Crippen LogP contribution in [0.1, 0.15) is 50.3 Å². The number of nitrogens with zero attached hydrogens (tertiary/aromatic N) is 2. The fourth-order valence-corrected chi connectivity index (χ4v) is 3.89. The lowest BCUT2D eigenvalue weighted by Gasteiger charge is -2.30. The molecule has 2 aliphatic rings. The molecule has 0 bridgehead atoms. The van der Waals surface area contributed by atoms with E-state index in [9.17, 15) is 14.4 Å². The average Bonchev–Trinajstić information content (AvgIpc) is 2.92. The summed E-state index contributed by atoms with van der Waals surface area (Å²) in [6, 6.07) is 10.0. The van der Waals surface area contributed by atoms with Gasteiger partial charge in [0.1, 0.15) is 0 Å². The highest BCUT2D eigenvalue weighted by Crippen LogP contribution is 2.32. The highest BCUT2D eigenvalue weighted by molar-refractivity contribution is 6.31. The summed E-state index contributed by atoms with van der Waals surface area (Å²) >= 11 is 6.16. The maximum Gasteiger partial charge on any atom is 0.261 e. The van der Waals surface area contributed by atoms with Crippen molar-refractivity contribution in [3.63, 3.8) is 0 Å². The van der Waals surface area contributed by atoms with Gasteiger partial charge in [0, 0.05) is 30.7 Å². The molecule has 0 aromatic heterocycles. The normalized spacial score (nSPS) is 16.4. The first-order valence-electron chi connectivity index (χ1n) is 9.28. The number of piperidine rings is 1. The first-order chi connectivity index (χ1) is 13.5. The predicted octanol–water partition coefficient (Wildman–Crippen LogP) is 3.81. The summed E-state index contributed by atoms with van der Waals surface area (Å²) in [6.07, 6.45) is 3.44. The molecule has 4 rings (SSSR count). The Labute approximate surface area is 168 Å². The summed E-state index contributed by atoms with van der Waals surface area (Å²) in [6.45, 7) is 1.87. The first kappa shape index (κ1) is 18.5. The van der Waals surface area contributed by atoms with Crippen molar-refractivity contribution in [1.82, 2.24) is 4.90 Å². The number of hydrogen-bond acceptors (Lipinski definition) is 4. The predicted molar refractivity (Wildman–Crippen MR) is 108 cm³/mol. The van der Waals surface area contributed by atoms with Crippen LogP contribution < -0.4 is 10.2 Å². The molecule has 1 fully saturated rings. The number of nitrogens with one attached hydrogen (secondary N) is 1. The van der Waals surface area contributed by atoms with Crippen LogP contribution in [-0.4, -0.2) is 42.8 Å². The van der Waals surface area contributed by atoms with Crippen molar-refractivity contribution in [2.45, 2.75) is 19.3 Å². The molecule has 2 aliphatic heterocycles. The van der Waals surface area contributed by atoms with Crippen LogP contribution in [0.4, 0.5) is 11.4 Å². The summed E-state index contributed by atoms with van der Waals surface area (Å²) in [5.74, 6) is -1.10. The van der Waals surface area contributed by atoms with E-state index in [0.29, 0.717) is 21.8 Å². The van der Waals surface area contributed by atoms with E-state index in [1.807, 2.05) is 12.1 Å². The zero-order valence-electron chi connectivity index (χ0n) is 15.5. The third-order valence-electron chi connectivity index (χ3n) is 5.26. The van der Waals surface area contributed by atoms with E-state index in [1.54, 1.807) is 12.1 Å². The van der Waals surface area contributed by atoms with Gasteiger partial charge >= 0.3 is 0 Å². The molecule has 6 nitrogen and oxygen atoms in total. The van der Waals surface area contributed by atoms with Crippen molar-refractivity contribution in [1.29, 1.82) is 0 Å². The number of carbonyl (C=O) groups is 3. The molecule has 1 N–H and O–H groups in total. The van der Waals surface area contributed by atoms with Crippen LogP contribution in [-0.2, 0) is 0 Å². The van der Waals surface area contributed by atoms with Gasteiger partial charge in [-0.2, -0.15) is 0 Å². The second-order valence-corrected chi connectivity index (χ2v) is 7.53. The average molecular weight is 398 g/mol. The number of rotatable bonds is 3. The Balaban J connectivity index is 1.62. The third-order valence-corrected chi connectivity index (χ3v) is 5.49. The number of anilines is 2. The molecule has 1 saturated heterocycles. The Morgan fingerprint density at radius 2 is 1.68 bits per heavy atom. The van der Waals surface area contributed by atoms with Crippen molar-refractivity contribution in [3.8, 4) is 0 Å². The Morgan fingerprint density at radius 3 is 2.43 bits per heavy atom. The van der Waals surface area contributed by atoms with E-state index in [4.69, 9.17) is 11.6 Å². The molecule has 144 valence electrons. The molecule has 0 saturated carbocycles. The molecule has 0 unspecified atom stereocenters. The summed E-state index contributed by atoms with van der Waals surface area (Å²) in [7, 11) is 1.43. The van der Waals surface area contributed by atoms with Crippen LogP contribution in [0.15, 0.2) is 36.4 Å². The van der Waals surface area contributed by atoms with Crippen LogP contribution in [0, 0.1) is 0 Å². The van der Waals surface area contributed by atoms with E-state index in [2.05, 4.69) is 10.2 Å². The maximum absolute atomic E-state index is 12.8. The van der Waals surface area contributed by atoms with Gasteiger partial charge in [-0.05, 0) is 55.7 Å². The van der Waals surface area contributed by atoms with Crippen molar-refractivity contribution in [3.05, 3.63) is 58.1 Å². The number of imide groups is 1. The SMILES string of the molecule is CN1C(=O)c2ccc(C(=O)Nc3cc(Cl)ccc3N3CCCCC3)cc2C1=O. The van der Waals surface area contributed by atoms with Crippen molar-refractivity contribution in [2.75, 3.05) is 30.4 Å². The van der Waals surface area contributed by atoms with Gasteiger partial charge in [-0.25, -0.2) is 0 Å². The summed E-state index contributed by atoms with van der Waals surface area (Å²) in [5.41, 5.74) is 2.46. The second-order valence-electron chi connectivity index (χ2n) is 7.09. The largest absolute Gasteiger partial charge is 0.370 e. The molecule has 7 heteroatoms. The quantitative estimate of drug-likeness (QED) is 0.799. The fraction of sp³-hybridized carbons (Fsp3) is 0.286. The van der Waals surface area contributed by atoms with Crippen molar-refractivity contribution in [2.24, 2.45) is 0 Å². The van der Waals surface area contributed by atoms with Gasteiger partial charge in [0.25, 0.3) is 17.7 Å². The minimum atomic E-state index is -0.397. The monoisotopic (exact) mass is 397 g/mol. The Morgan fingerprint density at radius 1 is 0.964 bits per heavy atom. The van der Waals surface area contributed by atoms with Crippen molar-refractivity contribution < 1.29 is 14.4 Å². The maximum atomic E-state index is 12.8. The summed E-state index contributed by atoms with van der Waals surface area (Å²) in [4.78, 5) is 40.4. The van der Waals surface area contributed by atoms with E-state index in [-0.39, 0.29) is 17.4 Å². The van der Waals surface area contributed by atoms with Crippen LogP contribution >= 0.6 is 11.6 Å². The molecular formula is C21H20ClN3O3.